The third-order valence-corrected chi connectivity index (χ3v) is 3.96. The van der Waals surface area contributed by atoms with E-state index in [1.54, 1.807) is 12.1 Å². The molecule has 0 radical (unpaired) electrons. The maximum Gasteiger partial charge on any atom is 0.255 e. The first-order valence-corrected chi connectivity index (χ1v) is 8.58. The summed E-state index contributed by atoms with van der Waals surface area (Å²) in [6.45, 7) is 8.58. The number of methoxy groups -OCH3 is 1. The Balaban J connectivity index is 2.26. The molecule has 0 saturated heterocycles. The van der Waals surface area contributed by atoms with Crippen LogP contribution < -0.4 is 14.8 Å². The molecule has 0 atom stereocenters. The van der Waals surface area contributed by atoms with Gasteiger partial charge in [0.25, 0.3) is 5.91 Å². The maximum atomic E-state index is 12.6. The number of benzene rings is 2. The van der Waals surface area contributed by atoms with Gasteiger partial charge in [0.2, 0.25) is 0 Å². The molecule has 0 unspecified atom stereocenters. The molecule has 1 amide bonds. The first-order valence-electron chi connectivity index (χ1n) is 8.20. The molecule has 0 aliphatic rings. The van der Waals surface area contributed by atoms with Gasteiger partial charge in [0.05, 0.1) is 18.7 Å². The molecule has 1 N–H and O–H groups in total. The van der Waals surface area contributed by atoms with E-state index in [0.717, 1.165) is 16.8 Å². The third-order valence-electron chi connectivity index (χ3n) is 3.68. The Bertz CT molecular complexity index is 772. The van der Waals surface area contributed by atoms with Crippen LogP contribution in [-0.4, -0.2) is 19.6 Å². The van der Waals surface area contributed by atoms with Crippen LogP contribution in [0.15, 0.2) is 30.3 Å². The van der Waals surface area contributed by atoms with Crippen LogP contribution in [0.5, 0.6) is 11.5 Å². The molecule has 5 heteroatoms. The van der Waals surface area contributed by atoms with Crippen molar-refractivity contribution in [1.29, 1.82) is 0 Å². The molecule has 0 aromatic heterocycles. The van der Waals surface area contributed by atoms with Crippen LogP contribution in [0, 0.1) is 19.8 Å². The van der Waals surface area contributed by atoms with E-state index >= 15 is 0 Å². The molecule has 2 rings (SSSR count). The zero-order valence-electron chi connectivity index (χ0n) is 15.3. The van der Waals surface area contributed by atoms with Crippen LogP contribution in [0.1, 0.15) is 35.3 Å². The minimum absolute atomic E-state index is 0.248. The molecule has 134 valence electrons. The van der Waals surface area contributed by atoms with Crippen molar-refractivity contribution in [3.63, 3.8) is 0 Å². The van der Waals surface area contributed by atoms with Gasteiger partial charge in [-0.25, -0.2) is 0 Å². The molecule has 0 spiro atoms. The lowest BCUT2D eigenvalue weighted by Gasteiger charge is -2.16. The molecule has 0 aliphatic carbocycles. The van der Waals surface area contributed by atoms with E-state index in [0.29, 0.717) is 34.6 Å². The van der Waals surface area contributed by atoms with Crippen molar-refractivity contribution in [3.8, 4) is 11.5 Å². The van der Waals surface area contributed by atoms with Crippen LogP contribution in [0.3, 0.4) is 0 Å². The van der Waals surface area contributed by atoms with Gasteiger partial charge < -0.3 is 14.8 Å². The summed E-state index contributed by atoms with van der Waals surface area (Å²) in [5, 5.41) is 3.26. The number of carbonyl (C=O) groups is 1. The molecule has 0 heterocycles. The minimum atomic E-state index is -0.248. The molecular weight excluding hydrogens is 338 g/mol. The summed E-state index contributed by atoms with van der Waals surface area (Å²) in [5.41, 5.74) is 3.33. The second-order valence-electron chi connectivity index (χ2n) is 6.47. The Hall–Kier alpha value is -2.20. The SMILES string of the molecule is COc1cc(C(=O)Nc2ccc(C)cc2C)cc(Cl)c1OCC(C)C. The number of hydrogen-bond acceptors (Lipinski definition) is 3. The quantitative estimate of drug-likeness (QED) is 0.764. The number of nitrogens with one attached hydrogen (secondary N) is 1. The average Bonchev–Trinajstić information content (AvgIpc) is 2.55. The lowest BCUT2D eigenvalue weighted by Crippen LogP contribution is -2.13. The van der Waals surface area contributed by atoms with Crippen molar-refractivity contribution in [2.24, 2.45) is 5.92 Å². The van der Waals surface area contributed by atoms with Gasteiger partial charge >= 0.3 is 0 Å². The number of ether oxygens (including phenoxy) is 2. The summed E-state index contributed by atoms with van der Waals surface area (Å²) in [5.74, 6) is 1.01. The van der Waals surface area contributed by atoms with Crippen molar-refractivity contribution in [3.05, 3.63) is 52.0 Å². The largest absolute Gasteiger partial charge is 0.493 e. The summed E-state index contributed by atoms with van der Waals surface area (Å²) < 4.78 is 11.1. The molecule has 4 nitrogen and oxygen atoms in total. The molecule has 0 saturated carbocycles. The van der Waals surface area contributed by atoms with Crippen LogP contribution in [0.2, 0.25) is 5.02 Å². The number of rotatable bonds is 6. The number of hydrogen-bond donors (Lipinski definition) is 1. The maximum absolute atomic E-state index is 12.6. The summed E-state index contributed by atoms with van der Waals surface area (Å²) >= 11 is 6.31. The average molecular weight is 362 g/mol. The Kier molecular flexibility index (Phi) is 6.32. The summed E-state index contributed by atoms with van der Waals surface area (Å²) in [6.07, 6.45) is 0. The Morgan fingerprint density at radius 3 is 2.52 bits per heavy atom. The van der Waals surface area contributed by atoms with E-state index in [9.17, 15) is 4.79 Å². The molecule has 2 aromatic rings. The second kappa shape index (κ2) is 8.26. The molecule has 0 aliphatic heterocycles. The number of aryl methyl sites for hydroxylation is 2. The fourth-order valence-electron chi connectivity index (χ4n) is 2.39. The van der Waals surface area contributed by atoms with Crippen molar-refractivity contribution >= 4 is 23.2 Å². The van der Waals surface area contributed by atoms with Crippen molar-refractivity contribution in [2.75, 3.05) is 19.0 Å². The Morgan fingerprint density at radius 2 is 1.92 bits per heavy atom. The highest BCUT2D eigenvalue weighted by Gasteiger charge is 2.17. The zero-order valence-corrected chi connectivity index (χ0v) is 16.0. The molecular formula is C20H24ClNO3. The van der Waals surface area contributed by atoms with Gasteiger partial charge in [0.1, 0.15) is 0 Å². The molecule has 25 heavy (non-hydrogen) atoms. The summed E-state index contributed by atoms with van der Waals surface area (Å²) in [7, 11) is 1.53. The van der Waals surface area contributed by atoms with E-state index in [-0.39, 0.29) is 5.91 Å². The van der Waals surface area contributed by atoms with E-state index in [1.807, 2.05) is 45.9 Å². The highest BCUT2D eigenvalue weighted by Crippen LogP contribution is 2.37. The van der Waals surface area contributed by atoms with E-state index in [2.05, 4.69) is 5.32 Å². The van der Waals surface area contributed by atoms with Gasteiger partial charge in [-0.05, 0) is 43.5 Å². The van der Waals surface area contributed by atoms with Gasteiger partial charge in [-0.15, -0.1) is 0 Å². The fraction of sp³-hybridized carbons (Fsp3) is 0.350. The second-order valence-corrected chi connectivity index (χ2v) is 6.87. The molecule has 0 bridgehead atoms. The van der Waals surface area contributed by atoms with Gasteiger partial charge in [-0.1, -0.05) is 43.1 Å². The minimum Gasteiger partial charge on any atom is -0.493 e. The van der Waals surface area contributed by atoms with Gasteiger partial charge in [-0.3, -0.25) is 4.79 Å². The number of halogens is 1. The van der Waals surface area contributed by atoms with E-state index in [4.69, 9.17) is 21.1 Å². The normalized spacial score (nSPS) is 10.7. The highest BCUT2D eigenvalue weighted by atomic mass is 35.5. The highest BCUT2D eigenvalue weighted by molar-refractivity contribution is 6.32. The molecule has 0 fully saturated rings. The van der Waals surface area contributed by atoms with Gasteiger partial charge in [0, 0.05) is 11.3 Å². The topological polar surface area (TPSA) is 47.6 Å². The Morgan fingerprint density at radius 1 is 1.20 bits per heavy atom. The van der Waals surface area contributed by atoms with Gasteiger partial charge in [-0.2, -0.15) is 0 Å². The van der Waals surface area contributed by atoms with E-state index in [1.165, 1.54) is 7.11 Å². The summed E-state index contributed by atoms with van der Waals surface area (Å²) in [4.78, 5) is 12.6. The number of amides is 1. The van der Waals surface area contributed by atoms with Crippen LogP contribution in [-0.2, 0) is 0 Å². The fourth-order valence-corrected chi connectivity index (χ4v) is 2.65. The number of carbonyl (C=O) groups excluding carboxylic acids is 1. The van der Waals surface area contributed by atoms with E-state index < -0.39 is 0 Å². The predicted octanol–water partition coefficient (Wildman–Crippen LogP) is 5.25. The molecule has 2 aromatic carbocycles. The Labute approximate surface area is 154 Å². The number of anilines is 1. The smallest absolute Gasteiger partial charge is 0.255 e. The van der Waals surface area contributed by atoms with Crippen LogP contribution in [0.4, 0.5) is 5.69 Å². The van der Waals surface area contributed by atoms with Crippen LogP contribution in [0.25, 0.3) is 0 Å². The zero-order chi connectivity index (χ0) is 18.6. The summed E-state index contributed by atoms with van der Waals surface area (Å²) in [6, 6.07) is 9.10. The lowest BCUT2D eigenvalue weighted by molar-refractivity contribution is 0.102. The predicted molar refractivity (Wildman–Crippen MR) is 102 cm³/mol. The first kappa shape index (κ1) is 19.1. The van der Waals surface area contributed by atoms with Gasteiger partial charge in [0.15, 0.2) is 11.5 Å². The first-order chi connectivity index (χ1) is 11.8. The third kappa shape index (κ3) is 4.89. The van der Waals surface area contributed by atoms with Crippen molar-refractivity contribution < 1.29 is 14.3 Å². The monoisotopic (exact) mass is 361 g/mol. The van der Waals surface area contributed by atoms with Crippen LogP contribution >= 0.6 is 11.6 Å². The van der Waals surface area contributed by atoms with Crippen molar-refractivity contribution in [1.82, 2.24) is 0 Å². The standard InChI is InChI=1S/C20H24ClNO3/c1-12(2)11-25-19-16(21)9-15(10-18(19)24-5)20(23)22-17-7-6-13(3)8-14(17)4/h6-10,12H,11H2,1-5H3,(H,22,23). The van der Waals surface area contributed by atoms with Crippen molar-refractivity contribution in [2.45, 2.75) is 27.7 Å². The lowest BCUT2D eigenvalue weighted by atomic mass is 10.1.